The first-order valence-corrected chi connectivity index (χ1v) is 5.62. The molecule has 0 spiro atoms. The van der Waals surface area contributed by atoms with Gasteiger partial charge in [-0.1, -0.05) is 11.6 Å². The number of hydrogen-bond donors (Lipinski definition) is 5. The van der Waals surface area contributed by atoms with Crippen LogP contribution >= 0.6 is 11.6 Å². The zero-order valence-electron chi connectivity index (χ0n) is 10.2. The Morgan fingerprint density at radius 3 is 2.65 bits per heavy atom. The van der Waals surface area contributed by atoms with E-state index in [9.17, 15) is 4.79 Å². The Morgan fingerprint density at radius 2 is 2.10 bits per heavy atom. The molecule has 0 saturated heterocycles. The summed E-state index contributed by atoms with van der Waals surface area (Å²) in [6.45, 7) is 0.0860. The quantitative estimate of drug-likeness (QED) is 0.196. The van der Waals surface area contributed by atoms with E-state index in [-0.39, 0.29) is 35.6 Å². The molecule has 1 aromatic heterocycles. The second-order valence-electron chi connectivity index (χ2n) is 3.53. The van der Waals surface area contributed by atoms with E-state index in [4.69, 9.17) is 39.5 Å². The normalized spacial score (nSPS) is 9.60. The number of nitrogen functional groups attached to an aromatic ring is 2. The number of halogens is 1. The Hall–Kier alpha value is -2.80. The average Bonchev–Trinajstić information content (AvgIpc) is 2.38. The highest BCUT2D eigenvalue weighted by atomic mass is 35.5. The van der Waals surface area contributed by atoms with Crippen molar-refractivity contribution in [3.05, 3.63) is 10.8 Å². The largest absolute Gasteiger partial charge is 0.382 e. The molecule has 106 valence electrons. The maximum atomic E-state index is 11.8. The van der Waals surface area contributed by atoms with Crippen molar-refractivity contribution in [1.29, 1.82) is 10.7 Å². The van der Waals surface area contributed by atoms with Gasteiger partial charge in [0.25, 0.3) is 5.91 Å². The summed E-state index contributed by atoms with van der Waals surface area (Å²) in [5.74, 6) is -1.28. The van der Waals surface area contributed by atoms with Gasteiger partial charge in [-0.3, -0.25) is 10.2 Å². The van der Waals surface area contributed by atoms with Crippen molar-refractivity contribution in [3.8, 4) is 6.19 Å². The number of nitriles is 1. The molecule has 8 N–H and O–H groups in total. The zero-order chi connectivity index (χ0) is 15.3. The number of aromatic nitrogens is 2. The number of nitrogens with two attached hydrogens (primary N) is 3. The lowest BCUT2D eigenvalue weighted by molar-refractivity contribution is 0.0948. The van der Waals surface area contributed by atoms with Crippen LogP contribution in [0.1, 0.15) is 10.5 Å². The van der Waals surface area contributed by atoms with E-state index < -0.39 is 11.9 Å². The highest BCUT2D eigenvalue weighted by Gasteiger charge is 2.16. The molecule has 1 amide bonds. The van der Waals surface area contributed by atoms with Gasteiger partial charge in [-0.15, -0.1) is 0 Å². The number of carbonyl (C=O) groups is 1. The number of amides is 1. The summed E-state index contributed by atoms with van der Waals surface area (Å²) in [7, 11) is 0. The molecule has 0 unspecified atom stereocenters. The highest BCUT2D eigenvalue weighted by molar-refractivity contribution is 6.31. The molecule has 0 aromatic carbocycles. The Labute approximate surface area is 119 Å². The molecule has 0 saturated carbocycles. The van der Waals surface area contributed by atoms with Crippen LogP contribution in [-0.2, 0) is 0 Å². The molecular formula is C9H12ClN9O. The van der Waals surface area contributed by atoms with Crippen LogP contribution in [-0.4, -0.2) is 39.8 Å². The van der Waals surface area contributed by atoms with Gasteiger partial charge < -0.3 is 22.5 Å². The predicted octanol–water partition coefficient (Wildman–Crippen LogP) is -1.30. The fraction of sp³-hybridized carbons (Fsp3) is 0.222. The number of anilines is 2. The van der Waals surface area contributed by atoms with Crippen LogP contribution in [0.25, 0.3) is 0 Å². The van der Waals surface area contributed by atoms with Gasteiger partial charge in [-0.2, -0.15) is 5.26 Å². The molecule has 20 heavy (non-hydrogen) atoms. The lowest BCUT2D eigenvalue weighted by atomic mass is 10.3. The van der Waals surface area contributed by atoms with Crippen molar-refractivity contribution in [1.82, 2.24) is 20.2 Å². The summed E-state index contributed by atoms with van der Waals surface area (Å²) in [6.07, 6.45) is 1.69. The van der Waals surface area contributed by atoms with E-state index in [1.54, 1.807) is 6.19 Å². The maximum absolute atomic E-state index is 11.8. The van der Waals surface area contributed by atoms with Crippen LogP contribution in [0.15, 0.2) is 0 Å². The van der Waals surface area contributed by atoms with E-state index in [2.05, 4.69) is 15.3 Å². The smallest absolute Gasteiger partial charge is 0.273 e. The van der Waals surface area contributed by atoms with E-state index in [1.165, 1.54) is 0 Å². The topological polar surface area (TPSA) is 184 Å². The van der Waals surface area contributed by atoms with Crippen LogP contribution in [0, 0.1) is 16.9 Å². The van der Waals surface area contributed by atoms with Crippen LogP contribution in [0.4, 0.5) is 11.6 Å². The van der Waals surface area contributed by atoms with Crippen LogP contribution in [0.5, 0.6) is 0 Å². The summed E-state index contributed by atoms with van der Waals surface area (Å²) in [6, 6.07) is 0. The third-order valence-corrected chi connectivity index (χ3v) is 2.43. The van der Waals surface area contributed by atoms with E-state index in [0.717, 1.165) is 4.90 Å². The van der Waals surface area contributed by atoms with Crippen molar-refractivity contribution in [2.45, 2.75) is 0 Å². The van der Waals surface area contributed by atoms with Crippen LogP contribution < -0.4 is 22.5 Å². The molecular weight excluding hydrogens is 286 g/mol. The number of carbonyl (C=O) groups excluding carboxylic acids is 1. The molecule has 0 radical (unpaired) electrons. The van der Waals surface area contributed by atoms with Crippen molar-refractivity contribution in [2.24, 2.45) is 5.73 Å². The second kappa shape index (κ2) is 6.39. The third kappa shape index (κ3) is 3.59. The number of rotatable bonds is 4. The Morgan fingerprint density at radius 1 is 1.45 bits per heavy atom. The van der Waals surface area contributed by atoms with E-state index in [1.807, 2.05) is 0 Å². The lowest BCUT2D eigenvalue weighted by Gasteiger charge is -2.13. The summed E-state index contributed by atoms with van der Waals surface area (Å²) in [5.41, 5.74) is 15.9. The Kier molecular flexibility index (Phi) is 4.88. The van der Waals surface area contributed by atoms with E-state index in [0.29, 0.717) is 0 Å². The fourth-order valence-corrected chi connectivity index (χ4v) is 1.32. The number of guanidine groups is 1. The molecule has 0 aliphatic rings. The standard InChI is InChI=1S/C9H12ClN9O/c10-5-7(13)18-6(12)4(17-5)8(20)16-1-2-19(3-11)9(14)15/h1-2H2,(H3,14,15)(H,16,20)(H4,12,13,18). The third-order valence-electron chi connectivity index (χ3n) is 2.15. The zero-order valence-corrected chi connectivity index (χ0v) is 11.0. The molecule has 10 nitrogen and oxygen atoms in total. The minimum absolute atomic E-state index is 0.0353. The average molecular weight is 298 g/mol. The number of hydrogen-bond acceptors (Lipinski definition) is 7. The van der Waals surface area contributed by atoms with Crippen LogP contribution in [0.2, 0.25) is 5.15 Å². The lowest BCUT2D eigenvalue weighted by Crippen LogP contribution is -2.39. The first kappa shape index (κ1) is 15.3. The van der Waals surface area contributed by atoms with Crippen molar-refractivity contribution in [3.63, 3.8) is 0 Å². The molecule has 0 aliphatic carbocycles. The van der Waals surface area contributed by atoms with Crippen molar-refractivity contribution < 1.29 is 4.79 Å². The van der Waals surface area contributed by atoms with Crippen molar-refractivity contribution in [2.75, 3.05) is 24.6 Å². The summed E-state index contributed by atoms with van der Waals surface area (Å²) in [4.78, 5) is 20.1. The monoisotopic (exact) mass is 297 g/mol. The Bertz CT molecular complexity index is 582. The van der Waals surface area contributed by atoms with Gasteiger partial charge in [0.2, 0.25) is 5.96 Å². The first-order chi connectivity index (χ1) is 9.36. The van der Waals surface area contributed by atoms with Gasteiger partial charge in [-0.25, -0.2) is 14.9 Å². The predicted molar refractivity (Wildman–Crippen MR) is 72.4 cm³/mol. The van der Waals surface area contributed by atoms with Gasteiger partial charge in [0.15, 0.2) is 28.7 Å². The van der Waals surface area contributed by atoms with Gasteiger partial charge in [-0.05, 0) is 0 Å². The molecule has 0 bridgehead atoms. The molecule has 1 aromatic rings. The number of nitrogens with one attached hydrogen (secondary N) is 2. The first-order valence-electron chi connectivity index (χ1n) is 5.24. The van der Waals surface area contributed by atoms with Gasteiger partial charge >= 0.3 is 0 Å². The van der Waals surface area contributed by atoms with Crippen LogP contribution in [0.3, 0.4) is 0 Å². The van der Waals surface area contributed by atoms with Gasteiger partial charge in [0.1, 0.15) is 0 Å². The number of nitrogens with zero attached hydrogens (tertiary/aromatic N) is 4. The van der Waals surface area contributed by atoms with Gasteiger partial charge in [0, 0.05) is 6.54 Å². The summed E-state index contributed by atoms with van der Waals surface area (Å²) < 4.78 is 0. The van der Waals surface area contributed by atoms with Crippen molar-refractivity contribution >= 4 is 35.1 Å². The molecule has 1 heterocycles. The van der Waals surface area contributed by atoms with Gasteiger partial charge in [0.05, 0.1) is 6.54 Å². The Balaban J connectivity index is 2.67. The molecule has 0 atom stereocenters. The highest BCUT2D eigenvalue weighted by Crippen LogP contribution is 2.16. The maximum Gasteiger partial charge on any atom is 0.273 e. The molecule has 0 aliphatic heterocycles. The summed E-state index contributed by atoms with van der Waals surface area (Å²) >= 11 is 5.65. The fourth-order valence-electron chi connectivity index (χ4n) is 1.20. The second-order valence-corrected chi connectivity index (χ2v) is 3.88. The molecule has 0 fully saturated rings. The molecule has 11 heteroatoms. The van der Waals surface area contributed by atoms with E-state index >= 15 is 0 Å². The minimum Gasteiger partial charge on any atom is -0.382 e. The molecule has 1 rings (SSSR count). The summed E-state index contributed by atoms with van der Waals surface area (Å²) in [5, 5.41) is 18.0. The SMILES string of the molecule is N#CN(CCNC(=O)c1nc(Cl)c(N)nc1N)C(=N)N. The minimum atomic E-state index is -0.627.